The van der Waals surface area contributed by atoms with Crippen molar-refractivity contribution in [3.8, 4) is 0 Å². The Hall–Kier alpha value is -1.55. The first-order valence-corrected chi connectivity index (χ1v) is 9.13. The van der Waals surface area contributed by atoms with Gasteiger partial charge in [0.05, 0.1) is 6.54 Å². The number of benzene rings is 1. The van der Waals surface area contributed by atoms with Gasteiger partial charge in [-0.15, -0.1) is 0 Å². The van der Waals surface area contributed by atoms with Crippen molar-refractivity contribution in [2.75, 3.05) is 37.6 Å². The molecule has 23 heavy (non-hydrogen) atoms. The number of carbonyl (C=O) groups excluding carboxylic acids is 1. The summed E-state index contributed by atoms with van der Waals surface area (Å²) in [6.07, 6.45) is 6.37. The molecule has 1 aromatic carbocycles. The van der Waals surface area contributed by atoms with Gasteiger partial charge in [0.1, 0.15) is 0 Å². The van der Waals surface area contributed by atoms with Crippen LogP contribution in [-0.4, -0.2) is 49.6 Å². The second-order valence-corrected chi connectivity index (χ2v) is 7.33. The van der Waals surface area contributed by atoms with Gasteiger partial charge in [0, 0.05) is 37.9 Å². The summed E-state index contributed by atoms with van der Waals surface area (Å²) in [6, 6.07) is 9.34. The fourth-order valence-electron chi connectivity index (χ4n) is 4.63. The van der Waals surface area contributed by atoms with Crippen LogP contribution in [-0.2, 0) is 11.2 Å². The molecule has 0 radical (unpaired) electrons. The highest BCUT2D eigenvalue weighted by Gasteiger charge is 2.38. The van der Waals surface area contributed by atoms with Gasteiger partial charge in [-0.2, -0.15) is 0 Å². The number of hydrogen-bond donors (Lipinski definition) is 1. The van der Waals surface area contributed by atoms with Crippen molar-refractivity contribution in [2.45, 2.75) is 38.1 Å². The van der Waals surface area contributed by atoms with E-state index in [1.807, 2.05) is 0 Å². The summed E-state index contributed by atoms with van der Waals surface area (Å²) in [7, 11) is 0. The van der Waals surface area contributed by atoms with Crippen molar-refractivity contribution in [2.24, 2.45) is 5.92 Å². The summed E-state index contributed by atoms with van der Waals surface area (Å²) >= 11 is 0. The first-order valence-electron chi connectivity index (χ1n) is 9.13. The van der Waals surface area contributed by atoms with Gasteiger partial charge in [0.2, 0.25) is 5.91 Å². The van der Waals surface area contributed by atoms with E-state index in [0.717, 1.165) is 32.1 Å². The molecule has 124 valence electrons. The smallest absolute Gasteiger partial charge is 0.234 e. The Balaban J connectivity index is 1.24. The van der Waals surface area contributed by atoms with Gasteiger partial charge >= 0.3 is 0 Å². The Morgan fingerprint density at radius 2 is 2.17 bits per heavy atom. The van der Waals surface area contributed by atoms with E-state index in [-0.39, 0.29) is 5.91 Å². The molecule has 2 bridgehead atoms. The largest absolute Gasteiger partial charge is 0.370 e. The number of nitrogens with zero attached hydrogens (tertiary/aromatic N) is 2. The van der Waals surface area contributed by atoms with Crippen LogP contribution in [0.2, 0.25) is 0 Å². The number of para-hydroxylation sites is 1. The van der Waals surface area contributed by atoms with E-state index in [1.165, 1.54) is 43.4 Å². The molecule has 1 saturated carbocycles. The molecular formula is C19H27N3O. The van der Waals surface area contributed by atoms with Gasteiger partial charge in [-0.05, 0) is 49.7 Å². The second-order valence-electron chi connectivity index (χ2n) is 7.33. The summed E-state index contributed by atoms with van der Waals surface area (Å²) in [6.45, 7) is 4.49. The molecule has 2 fully saturated rings. The quantitative estimate of drug-likeness (QED) is 0.903. The van der Waals surface area contributed by atoms with Gasteiger partial charge < -0.3 is 10.2 Å². The van der Waals surface area contributed by atoms with Crippen molar-refractivity contribution in [3.63, 3.8) is 0 Å². The minimum atomic E-state index is 0.197. The predicted molar refractivity (Wildman–Crippen MR) is 92.7 cm³/mol. The van der Waals surface area contributed by atoms with E-state index in [0.29, 0.717) is 12.6 Å². The zero-order valence-corrected chi connectivity index (χ0v) is 13.8. The molecule has 0 aromatic heterocycles. The van der Waals surface area contributed by atoms with Gasteiger partial charge in [-0.1, -0.05) is 18.2 Å². The molecule has 0 spiro atoms. The molecule has 0 unspecified atom stereocenters. The summed E-state index contributed by atoms with van der Waals surface area (Å²) in [5.41, 5.74) is 2.79. The van der Waals surface area contributed by atoms with Crippen LogP contribution >= 0.6 is 0 Å². The van der Waals surface area contributed by atoms with Gasteiger partial charge in [0.25, 0.3) is 0 Å². The van der Waals surface area contributed by atoms with Gasteiger partial charge in [-0.3, -0.25) is 9.69 Å². The maximum absolute atomic E-state index is 12.2. The summed E-state index contributed by atoms with van der Waals surface area (Å²) in [4.78, 5) is 17.0. The highest BCUT2D eigenvalue weighted by molar-refractivity contribution is 5.78. The topological polar surface area (TPSA) is 35.6 Å². The average molecular weight is 313 g/mol. The van der Waals surface area contributed by atoms with Crippen LogP contribution in [0.5, 0.6) is 0 Å². The van der Waals surface area contributed by atoms with E-state index in [9.17, 15) is 4.79 Å². The number of nitrogens with one attached hydrogen (secondary N) is 1. The van der Waals surface area contributed by atoms with E-state index in [2.05, 4.69) is 39.4 Å². The molecule has 1 N–H and O–H groups in total. The first kappa shape index (κ1) is 15.0. The number of carbonyl (C=O) groups is 1. The number of anilines is 1. The molecular weight excluding hydrogens is 286 g/mol. The Kier molecular flexibility index (Phi) is 4.25. The minimum absolute atomic E-state index is 0.197. The molecule has 1 aromatic rings. The Morgan fingerprint density at radius 1 is 1.26 bits per heavy atom. The summed E-state index contributed by atoms with van der Waals surface area (Å²) < 4.78 is 0. The molecule has 2 heterocycles. The molecule has 3 aliphatic rings. The molecule has 2 atom stereocenters. The first-order chi connectivity index (χ1) is 11.3. The van der Waals surface area contributed by atoms with Crippen molar-refractivity contribution in [1.82, 2.24) is 10.2 Å². The van der Waals surface area contributed by atoms with Crippen LogP contribution in [0.3, 0.4) is 0 Å². The second kappa shape index (κ2) is 6.52. The third kappa shape index (κ3) is 3.23. The van der Waals surface area contributed by atoms with Crippen molar-refractivity contribution in [1.29, 1.82) is 0 Å². The maximum Gasteiger partial charge on any atom is 0.234 e. The Labute approximate surface area is 138 Å². The highest BCUT2D eigenvalue weighted by atomic mass is 16.2. The number of aryl methyl sites for hydroxylation is 1. The van der Waals surface area contributed by atoms with Crippen LogP contribution in [0, 0.1) is 5.92 Å². The van der Waals surface area contributed by atoms with Crippen molar-refractivity contribution in [3.05, 3.63) is 29.8 Å². The number of fused-ring (bicyclic) bond motifs is 3. The number of hydrogen-bond acceptors (Lipinski definition) is 3. The van der Waals surface area contributed by atoms with Crippen LogP contribution in [0.4, 0.5) is 5.69 Å². The van der Waals surface area contributed by atoms with Crippen LogP contribution in [0.15, 0.2) is 24.3 Å². The van der Waals surface area contributed by atoms with E-state index >= 15 is 0 Å². The normalized spacial score (nSPS) is 26.3. The molecule has 1 aliphatic carbocycles. The molecule has 2 aliphatic heterocycles. The lowest BCUT2D eigenvalue weighted by Crippen LogP contribution is -2.43. The van der Waals surface area contributed by atoms with E-state index < -0.39 is 0 Å². The number of likely N-dealkylation sites (tertiary alicyclic amines) is 1. The molecule has 4 nitrogen and oxygen atoms in total. The van der Waals surface area contributed by atoms with E-state index in [1.54, 1.807) is 0 Å². The summed E-state index contributed by atoms with van der Waals surface area (Å²) in [5, 5.41) is 3.12. The van der Waals surface area contributed by atoms with E-state index in [4.69, 9.17) is 0 Å². The lowest BCUT2D eigenvalue weighted by Gasteiger charge is -2.31. The monoisotopic (exact) mass is 313 g/mol. The number of amides is 1. The summed E-state index contributed by atoms with van der Waals surface area (Å²) in [5.74, 6) is 1.06. The molecule has 1 saturated heterocycles. The third-order valence-electron chi connectivity index (χ3n) is 5.78. The Morgan fingerprint density at radius 3 is 3.00 bits per heavy atom. The van der Waals surface area contributed by atoms with Crippen LogP contribution < -0.4 is 10.2 Å². The average Bonchev–Trinajstić information content (AvgIpc) is 3.18. The third-order valence-corrected chi connectivity index (χ3v) is 5.78. The Bertz CT molecular complexity index is 573. The van der Waals surface area contributed by atoms with Crippen molar-refractivity contribution < 1.29 is 4.79 Å². The standard InChI is InChI=1S/C19H27N3O/c23-19(14-22-13-15-7-8-17(22)12-15)20-9-11-21-10-3-5-16-4-1-2-6-18(16)21/h1-2,4,6,15,17H,3,5,7-14H2,(H,20,23)/t15-,17+/m1/s1. The lowest BCUT2D eigenvalue weighted by atomic mass is 10.0. The maximum atomic E-state index is 12.2. The fraction of sp³-hybridized carbons (Fsp3) is 0.632. The zero-order chi connectivity index (χ0) is 15.6. The van der Waals surface area contributed by atoms with Crippen LogP contribution in [0.1, 0.15) is 31.2 Å². The molecule has 4 rings (SSSR count). The highest BCUT2D eigenvalue weighted by Crippen LogP contribution is 2.36. The van der Waals surface area contributed by atoms with Gasteiger partial charge in [-0.25, -0.2) is 0 Å². The molecule has 1 amide bonds. The fourth-order valence-corrected chi connectivity index (χ4v) is 4.63. The lowest BCUT2D eigenvalue weighted by molar-refractivity contribution is -0.122. The molecule has 4 heteroatoms. The zero-order valence-electron chi connectivity index (χ0n) is 13.8. The number of piperidine rings is 1. The van der Waals surface area contributed by atoms with Crippen molar-refractivity contribution >= 4 is 11.6 Å². The SMILES string of the molecule is O=C(CN1C[C@@H]2CC[C@H]1C2)NCCN1CCCc2ccccc21. The minimum Gasteiger partial charge on any atom is -0.370 e. The number of rotatable bonds is 5. The van der Waals surface area contributed by atoms with Gasteiger partial charge in [0.15, 0.2) is 0 Å². The van der Waals surface area contributed by atoms with Crippen LogP contribution in [0.25, 0.3) is 0 Å². The predicted octanol–water partition coefficient (Wildman–Crippen LogP) is 2.04.